The molecule has 1 aliphatic heterocycles. The Balaban J connectivity index is 2.09. The van der Waals surface area contributed by atoms with Gasteiger partial charge in [-0.05, 0) is 12.8 Å². The molecule has 0 aromatic rings. The van der Waals surface area contributed by atoms with Crippen LogP contribution in [0.25, 0.3) is 0 Å². The zero-order chi connectivity index (χ0) is 14.9. The SMILES string of the molecule is O=C(NC1CC1)C1COCCN1C(=O)C(F)(F)C(F)F. The van der Waals surface area contributed by atoms with Crippen molar-refractivity contribution in [3.8, 4) is 0 Å². The fourth-order valence-corrected chi connectivity index (χ4v) is 1.87. The second-order valence-corrected chi connectivity index (χ2v) is 4.80. The summed E-state index contributed by atoms with van der Waals surface area (Å²) in [7, 11) is 0. The first-order chi connectivity index (χ1) is 9.34. The number of hydrogen-bond donors (Lipinski definition) is 1. The van der Waals surface area contributed by atoms with E-state index in [4.69, 9.17) is 4.74 Å². The number of carbonyl (C=O) groups excluding carboxylic acids is 2. The van der Waals surface area contributed by atoms with E-state index in [0.717, 1.165) is 12.8 Å². The van der Waals surface area contributed by atoms with Gasteiger partial charge in [0.2, 0.25) is 5.91 Å². The fraction of sp³-hybridized carbons (Fsp3) is 0.818. The highest BCUT2D eigenvalue weighted by Gasteiger charge is 2.53. The third-order valence-electron chi connectivity index (χ3n) is 3.17. The summed E-state index contributed by atoms with van der Waals surface area (Å²) in [4.78, 5) is 23.9. The van der Waals surface area contributed by atoms with Gasteiger partial charge >= 0.3 is 12.3 Å². The van der Waals surface area contributed by atoms with Crippen LogP contribution in [0.5, 0.6) is 0 Å². The first kappa shape index (κ1) is 15.0. The molecule has 1 N–H and O–H groups in total. The Bertz CT molecular complexity index is 401. The molecule has 2 fully saturated rings. The van der Waals surface area contributed by atoms with Crippen molar-refractivity contribution in [2.24, 2.45) is 0 Å². The van der Waals surface area contributed by atoms with Crippen molar-refractivity contribution in [1.82, 2.24) is 10.2 Å². The van der Waals surface area contributed by atoms with Gasteiger partial charge in [-0.3, -0.25) is 9.59 Å². The quantitative estimate of drug-likeness (QED) is 0.764. The van der Waals surface area contributed by atoms with Gasteiger partial charge in [0.15, 0.2) is 0 Å². The minimum Gasteiger partial charge on any atom is -0.377 e. The van der Waals surface area contributed by atoms with Gasteiger partial charge < -0.3 is 15.0 Å². The van der Waals surface area contributed by atoms with Gasteiger partial charge in [-0.2, -0.15) is 8.78 Å². The third kappa shape index (κ3) is 3.02. The Morgan fingerprint density at radius 1 is 1.30 bits per heavy atom. The fourth-order valence-electron chi connectivity index (χ4n) is 1.87. The standard InChI is InChI=1S/C11H14F4N2O3/c12-9(13)11(14,15)10(19)17-3-4-20-5-7(17)8(18)16-6-1-2-6/h6-7,9H,1-5H2,(H,16,18). The van der Waals surface area contributed by atoms with Gasteiger partial charge in [0.1, 0.15) is 6.04 Å². The van der Waals surface area contributed by atoms with Crippen molar-refractivity contribution in [2.75, 3.05) is 19.8 Å². The highest BCUT2D eigenvalue weighted by Crippen LogP contribution is 2.27. The number of rotatable bonds is 4. The Morgan fingerprint density at radius 3 is 2.50 bits per heavy atom. The molecule has 0 aromatic carbocycles. The second-order valence-electron chi connectivity index (χ2n) is 4.80. The second kappa shape index (κ2) is 5.55. The Kier molecular flexibility index (Phi) is 4.17. The maximum atomic E-state index is 13.1. The predicted molar refractivity (Wildman–Crippen MR) is 58.4 cm³/mol. The average molecular weight is 298 g/mol. The summed E-state index contributed by atoms with van der Waals surface area (Å²) in [6, 6.07) is -1.32. The lowest BCUT2D eigenvalue weighted by atomic mass is 10.1. The number of nitrogens with zero attached hydrogens (tertiary/aromatic N) is 1. The number of ether oxygens (including phenoxy) is 1. The molecule has 0 aromatic heterocycles. The summed E-state index contributed by atoms with van der Waals surface area (Å²) in [5, 5.41) is 2.54. The molecule has 0 radical (unpaired) electrons. The highest BCUT2D eigenvalue weighted by atomic mass is 19.3. The first-order valence-corrected chi connectivity index (χ1v) is 6.19. The van der Waals surface area contributed by atoms with Gasteiger partial charge in [0, 0.05) is 12.6 Å². The monoisotopic (exact) mass is 298 g/mol. The summed E-state index contributed by atoms with van der Waals surface area (Å²) < 4.78 is 55.7. The summed E-state index contributed by atoms with van der Waals surface area (Å²) in [6.45, 7) is -0.661. The van der Waals surface area contributed by atoms with Gasteiger partial charge in [-0.25, -0.2) is 8.78 Å². The van der Waals surface area contributed by atoms with E-state index in [9.17, 15) is 27.2 Å². The summed E-state index contributed by atoms with van der Waals surface area (Å²) in [5.41, 5.74) is 0. The Morgan fingerprint density at radius 2 is 1.95 bits per heavy atom. The number of halogens is 4. The molecule has 2 amide bonds. The smallest absolute Gasteiger partial charge is 0.377 e. The van der Waals surface area contributed by atoms with Crippen LogP contribution in [0.15, 0.2) is 0 Å². The molecular formula is C11H14F4N2O3. The molecule has 0 bridgehead atoms. The van der Waals surface area contributed by atoms with Gasteiger partial charge in [-0.1, -0.05) is 0 Å². The van der Waals surface area contributed by atoms with Gasteiger partial charge in [0.05, 0.1) is 13.2 Å². The van der Waals surface area contributed by atoms with Crippen molar-refractivity contribution in [3.63, 3.8) is 0 Å². The largest absolute Gasteiger partial charge is 0.383 e. The van der Waals surface area contributed by atoms with Crippen LogP contribution >= 0.6 is 0 Å². The maximum absolute atomic E-state index is 13.1. The van der Waals surface area contributed by atoms with Crippen LogP contribution in [0.4, 0.5) is 17.6 Å². The molecule has 114 valence electrons. The van der Waals surface area contributed by atoms with Crippen LogP contribution in [0.2, 0.25) is 0 Å². The Labute approximate surface area is 112 Å². The molecule has 1 aliphatic carbocycles. The predicted octanol–water partition coefficient (Wildman–Crippen LogP) is 0.393. The minimum atomic E-state index is -4.80. The lowest BCUT2D eigenvalue weighted by Gasteiger charge is -2.36. The van der Waals surface area contributed by atoms with E-state index < -0.39 is 30.2 Å². The average Bonchev–Trinajstić information content (AvgIpc) is 3.21. The van der Waals surface area contributed by atoms with E-state index in [-0.39, 0.29) is 25.8 Å². The molecule has 5 nitrogen and oxygen atoms in total. The van der Waals surface area contributed by atoms with E-state index in [2.05, 4.69) is 5.32 Å². The number of morpholine rings is 1. The molecule has 0 spiro atoms. The van der Waals surface area contributed by atoms with E-state index in [0.29, 0.717) is 4.90 Å². The molecule has 2 rings (SSSR count). The van der Waals surface area contributed by atoms with Crippen LogP contribution in [0.1, 0.15) is 12.8 Å². The number of hydrogen-bond acceptors (Lipinski definition) is 3. The van der Waals surface area contributed by atoms with Crippen LogP contribution in [-0.4, -0.2) is 60.9 Å². The van der Waals surface area contributed by atoms with E-state index in [1.807, 2.05) is 0 Å². The molecule has 1 saturated carbocycles. The highest BCUT2D eigenvalue weighted by molar-refractivity contribution is 5.91. The summed E-state index contributed by atoms with van der Waals surface area (Å²) in [6.07, 6.45) is -2.55. The zero-order valence-corrected chi connectivity index (χ0v) is 10.5. The zero-order valence-electron chi connectivity index (χ0n) is 10.5. The van der Waals surface area contributed by atoms with Crippen molar-refractivity contribution < 1.29 is 31.9 Å². The van der Waals surface area contributed by atoms with E-state index in [1.54, 1.807) is 0 Å². The molecule has 1 atom stereocenters. The molecule has 1 saturated heterocycles. The number of carbonyl (C=O) groups is 2. The van der Waals surface area contributed by atoms with Crippen LogP contribution in [0, 0.1) is 0 Å². The maximum Gasteiger partial charge on any atom is 0.383 e. The molecule has 2 aliphatic rings. The molecule has 1 unspecified atom stereocenters. The van der Waals surface area contributed by atoms with E-state index in [1.165, 1.54) is 0 Å². The summed E-state index contributed by atoms with van der Waals surface area (Å²) >= 11 is 0. The Hall–Kier alpha value is -1.38. The van der Waals surface area contributed by atoms with Crippen LogP contribution in [-0.2, 0) is 14.3 Å². The third-order valence-corrected chi connectivity index (χ3v) is 3.17. The lowest BCUT2D eigenvalue weighted by molar-refractivity contribution is -0.188. The van der Waals surface area contributed by atoms with Crippen molar-refractivity contribution in [1.29, 1.82) is 0 Å². The number of alkyl halides is 4. The van der Waals surface area contributed by atoms with Crippen molar-refractivity contribution in [3.05, 3.63) is 0 Å². The lowest BCUT2D eigenvalue weighted by Crippen LogP contribution is -2.60. The number of nitrogens with one attached hydrogen (secondary N) is 1. The van der Waals surface area contributed by atoms with Crippen molar-refractivity contribution in [2.45, 2.75) is 37.3 Å². The molecule has 20 heavy (non-hydrogen) atoms. The number of amides is 2. The topological polar surface area (TPSA) is 58.6 Å². The van der Waals surface area contributed by atoms with E-state index >= 15 is 0 Å². The van der Waals surface area contributed by atoms with Crippen molar-refractivity contribution >= 4 is 11.8 Å². The molecular weight excluding hydrogens is 284 g/mol. The first-order valence-electron chi connectivity index (χ1n) is 6.19. The molecule has 9 heteroatoms. The van der Waals surface area contributed by atoms with Gasteiger partial charge in [-0.15, -0.1) is 0 Å². The summed E-state index contributed by atoms with van der Waals surface area (Å²) in [5.74, 6) is -7.48. The van der Waals surface area contributed by atoms with Crippen LogP contribution in [0.3, 0.4) is 0 Å². The van der Waals surface area contributed by atoms with Gasteiger partial charge in [0.25, 0.3) is 5.91 Å². The normalized spacial score (nSPS) is 23.9. The van der Waals surface area contributed by atoms with Crippen LogP contribution < -0.4 is 5.32 Å². The molecule has 1 heterocycles. The minimum absolute atomic E-state index is 0.0306.